The standard InChI is InChI=1S/C9H11NO3/c11-4-6-2-1-3-7(10-6)9-8(12)5-13-9/h1-3,8-9,11-12H,4-5H2. The minimum atomic E-state index is -0.457. The van der Waals surface area contributed by atoms with E-state index >= 15 is 0 Å². The van der Waals surface area contributed by atoms with Gasteiger partial charge in [-0.3, -0.25) is 4.98 Å². The van der Waals surface area contributed by atoms with Crippen LogP contribution in [-0.2, 0) is 11.3 Å². The third-order valence-electron chi connectivity index (χ3n) is 2.08. The smallest absolute Gasteiger partial charge is 0.128 e. The number of nitrogens with zero attached hydrogens (tertiary/aromatic N) is 1. The fourth-order valence-electron chi connectivity index (χ4n) is 1.31. The molecule has 2 N–H and O–H groups in total. The fraction of sp³-hybridized carbons (Fsp3) is 0.444. The summed E-state index contributed by atoms with van der Waals surface area (Å²) in [5.41, 5.74) is 1.28. The topological polar surface area (TPSA) is 62.6 Å². The van der Waals surface area contributed by atoms with Gasteiger partial charge in [0.1, 0.15) is 12.2 Å². The number of aliphatic hydroxyl groups is 2. The molecular weight excluding hydrogens is 170 g/mol. The van der Waals surface area contributed by atoms with E-state index in [1.54, 1.807) is 18.2 Å². The first-order valence-corrected chi connectivity index (χ1v) is 4.17. The quantitative estimate of drug-likeness (QED) is 0.674. The Morgan fingerprint density at radius 2 is 2.38 bits per heavy atom. The normalized spacial score (nSPS) is 26.9. The molecule has 0 bridgehead atoms. The molecule has 70 valence electrons. The van der Waals surface area contributed by atoms with Crippen LogP contribution in [0.2, 0.25) is 0 Å². The number of pyridine rings is 1. The van der Waals surface area contributed by atoms with E-state index in [0.29, 0.717) is 18.0 Å². The summed E-state index contributed by atoms with van der Waals surface area (Å²) in [6, 6.07) is 5.31. The molecule has 1 aliphatic heterocycles. The van der Waals surface area contributed by atoms with Crippen LogP contribution in [0.3, 0.4) is 0 Å². The summed E-state index contributed by atoms with van der Waals surface area (Å²) < 4.78 is 5.13. The highest BCUT2D eigenvalue weighted by atomic mass is 16.5. The van der Waals surface area contributed by atoms with Gasteiger partial charge in [0.15, 0.2) is 0 Å². The molecule has 0 amide bonds. The minimum absolute atomic E-state index is 0.0867. The highest BCUT2D eigenvalue weighted by Gasteiger charge is 2.32. The molecule has 1 saturated heterocycles. The first-order valence-electron chi connectivity index (χ1n) is 4.17. The Kier molecular flexibility index (Phi) is 2.26. The van der Waals surface area contributed by atoms with Crippen LogP contribution in [0.5, 0.6) is 0 Å². The number of aromatic nitrogens is 1. The van der Waals surface area contributed by atoms with Gasteiger partial charge in [0.05, 0.1) is 24.6 Å². The van der Waals surface area contributed by atoms with Crippen LogP contribution in [0.25, 0.3) is 0 Å². The summed E-state index contributed by atoms with van der Waals surface area (Å²) in [5.74, 6) is 0. The van der Waals surface area contributed by atoms with Crippen molar-refractivity contribution in [3.05, 3.63) is 29.6 Å². The molecule has 13 heavy (non-hydrogen) atoms. The SMILES string of the molecule is OCc1cccc(C2OCC2O)n1. The monoisotopic (exact) mass is 181 g/mol. The first-order chi connectivity index (χ1) is 6.31. The molecule has 4 nitrogen and oxygen atoms in total. The summed E-state index contributed by atoms with van der Waals surface area (Å²) in [7, 11) is 0. The molecule has 1 aliphatic rings. The number of hydrogen-bond acceptors (Lipinski definition) is 4. The molecule has 1 aromatic heterocycles. The number of ether oxygens (including phenoxy) is 1. The maximum atomic E-state index is 9.30. The highest BCUT2D eigenvalue weighted by molar-refractivity contribution is 5.15. The van der Waals surface area contributed by atoms with E-state index in [1.165, 1.54) is 0 Å². The lowest BCUT2D eigenvalue weighted by molar-refractivity contribution is -0.167. The second-order valence-corrected chi connectivity index (χ2v) is 3.03. The lowest BCUT2D eigenvalue weighted by Crippen LogP contribution is -2.37. The van der Waals surface area contributed by atoms with Crippen molar-refractivity contribution in [2.45, 2.75) is 18.8 Å². The van der Waals surface area contributed by atoms with Crippen LogP contribution in [-0.4, -0.2) is 27.9 Å². The molecule has 0 aromatic carbocycles. The van der Waals surface area contributed by atoms with Gasteiger partial charge in [-0.05, 0) is 12.1 Å². The van der Waals surface area contributed by atoms with Gasteiger partial charge in [0, 0.05) is 0 Å². The Hall–Kier alpha value is -0.970. The molecule has 0 saturated carbocycles. The van der Waals surface area contributed by atoms with Crippen molar-refractivity contribution >= 4 is 0 Å². The summed E-state index contributed by atoms with van der Waals surface area (Å²) in [4.78, 5) is 4.13. The van der Waals surface area contributed by atoms with E-state index in [9.17, 15) is 5.11 Å². The van der Waals surface area contributed by atoms with Crippen LogP contribution < -0.4 is 0 Å². The van der Waals surface area contributed by atoms with Crippen LogP contribution in [0.4, 0.5) is 0 Å². The summed E-state index contributed by atoms with van der Waals surface area (Å²) in [6.45, 7) is 0.284. The average Bonchev–Trinajstić information content (AvgIpc) is 2.16. The third kappa shape index (κ3) is 1.56. The second-order valence-electron chi connectivity index (χ2n) is 3.03. The van der Waals surface area contributed by atoms with Crippen molar-refractivity contribution in [1.82, 2.24) is 4.98 Å². The van der Waals surface area contributed by atoms with Crippen LogP contribution in [0.1, 0.15) is 17.5 Å². The summed E-state index contributed by atoms with van der Waals surface area (Å²) >= 11 is 0. The zero-order chi connectivity index (χ0) is 9.26. The molecule has 1 fully saturated rings. The van der Waals surface area contributed by atoms with Crippen LogP contribution in [0, 0.1) is 0 Å². The third-order valence-corrected chi connectivity index (χ3v) is 2.08. The number of aliphatic hydroxyl groups excluding tert-OH is 2. The maximum absolute atomic E-state index is 9.30. The van der Waals surface area contributed by atoms with Crippen molar-refractivity contribution in [2.24, 2.45) is 0 Å². The van der Waals surface area contributed by atoms with Crippen molar-refractivity contribution in [2.75, 3.05) is 6.61 Å². The number of hydrogen-bond donors (Lipinski definition) is 2. The van der Waals surface area contributed by atoms with Crippen molar-refractivity contribution < 1.29 is 14.9 Å². The summed E-state index contributed by atoms with van der Waals surface area (Å²) in [5, 5.41) is 18.1. The van der Waals surface area contributed by atoms with E-state index in [4.69, 9.17) is 9.84 Å². The molecular formula is C9H11NO3. The lowest BCUT2D eigenvalue weighted by atomic mass is 10.1. The van der Waals surface area contributed by atoms with Gasteiger partial charge < -0.3 is 14.9 Å². The van der Waals surface area contributed by atoms with E-state index in [-0.39, 0.29) is 12.7 Å². The fourth-order valence-corrected chi connectivity index (χ4v) is 1.31. The highest BCUT2D eigenvalue weighted by Crippen LogP contribution is 2.28. The van der Waals surface area contributed by atoms with Crippen LogP contribution in [0.15, 0.2) is 18.2 Å². The van der Waals surface area contributed by atoms with Crippen molar-refractivity contribution in [1.29, 1.82) is 0 Å². The second kappa shape index (κ2) is 3.41. The molecule has 0 spiro atoms. The Morgan fingerprint density at radius 1 is 1.54 bits per heavy atom. The predicted molar refractivity (Wildman–Crippen MR) is 44.9 cm³/mol. The predicted octanol–water partition coefficient (Wildman–Crippen LogP) is 0.00610. The average molecular weight is 181 g/mol. The first kappa shape index (κ1) is 8.62. The van der Waals surface area contributed by atoms with Gasteiger partial charge in [0.25, 0.3) is 0 Å². The molecule has 2 heterocycles. The van der Waals surface area contributed by atoms with Gasteiger partial charge >= 0.3 is 0 Å². The molecule has 2 atom stereocenters. The molecule has 0 radical (unpaired) electrons. The van der Waals surface area contributed by atoms with Gasteiger partial charge in [-0.15, -0.1) is 0 Å². The molecule has 2 unspecified atom stereocenters. The Morgan fingerprint density at radius 3 is 2.92 bits per heavy atom. The lowest BCUT2D eigenvalue weighted by Gasteiger charge is -2.32. The summed E-state index contributed by atoms with van der Waals surface area (Å²) in [6.07, 6.45) is -0.770. The van der Waals surface area contributed by atoms with Crippen molar-refractivity contribution in [3.63, 3.8) is 0 Å². The largest absolute Gasteiger partial charge is 0.390 e. The van der Waals surface area contributed by atoms with E-state index < -0.39 is 6.10 Å². The van der Waals surface area contributed by atoms with E-state index in [0.717, 1.165) is 0 Å². The molecule has 2 rings (SSSR count). The Labute approximate surface area is 75.8 Å². The Bertz CT molecular complexity index is 303. The van der Waals surface area contributed by atoms with Gasteiger partial charge in [-0.25, -0.2) is 0 Å². The minimum Gasteiger partial charge on any atom is -0.390 e. The molecule has 4 heteroatoms. The van der Waals surface area contributed by atoms with Gasteiger partial charge in [0.2, 0.25) is 0 Å². The Balaban J connectivity index is 2.20. The van der Waals surface area contributed by atoms with E-state index in [1.807, 2.05) is 0 Å². The van der Waals surface area contributed by atoms with Gasteiger partial charge in [-0.1, -0.05) is 6.07 Å². The maximum Gasteiger partial charge on any atom is 0.128 e. The molecule has 0 aliphatic carbocycles. The van der Waals surface area contributed by atoms with E-state index in [2.05, 4.69) is 4.98 Å². The van der Waals surface area contributed by atoms with Gasteiger partial charge in [-0.2, -0.15) is 0 Å². The van der Waals surface area contributed by atoms with Crippen molar-refractivity contribution in [3.8, 4) is 0 Å². The van der Waals surface area contributed by atoms with Crippen LogP contribution >= 0.6 is 0 Å². The zero-order valence-electron chi connectivity index (χ0n) is 7.05. The molecule has 1 aromatic rings. The zero-order valence-corrected chi connectivity index (χ0v) is 7.05. The number of rotatable bonds is 2.